The Morgan fingerprint density at radius 2 is 1.81 bits per heavy atom. The predicted molar refractivity (Wildman–Crippen MR) is 97.5 cm³/mol. The average molecular weight is 389 g/mol. The number of amides is 1. The van der Waals surface area contributed by atoms with Gasteiger partial charge in [-0.25, -0.2) is 4.79 Å². The van der Waals surface area contributed by atoms with Crippen LogP contribution < -0.4 is 0 Å². The highest BCUT2D eigenvalue weighted by atomic mass is 32.2. The van der Waals surface area contributed by atoms with E-state index in [0.717, 1.165) is 37.5 Å². The molecule has 0 aliphatic heterocycles. The van der Waals surface area contributed by atoms with Crippen LogP contribution in [0.4, 0.5) is 18.0 Å². The van der Waals surface area contributed by atoms with Crippen molar-refractivity contribution in [2.45, 2.75) is 69.1 Å². The smallest absolute Gasteiger partial charge is 0.416 e. The molecule has 2 rings (SSSR count). The highest BCUT2D eigenvalue weighted by molar-refractivity contribution is 7.99. The lowest BCUT2D eigenvalue weighted by molar-refractivity contribution is -0.137. The fourth-order valence-electron chi connectivity index (χ4n) is 3.54. The first kappa shape index (κ1) is 20.9. The molecule has 7 heteroatoms. The summed E-state index contributed by atoms with van der Waals surface area (Å²) in [5.74, 6) is 1.16. The summed E-state index contributed by atoms with van der Waals surface area (Å²) in [4.78, 5) is 13.8. The third-order valence-electron chi connectivity index (χ3n) is 4.76. The molecule has 1 amide bonds. The van der Waals surface area contributed by atoms with Crippen LogP contribution in [-0.2, 0) is 6.18 Å². The van der Waals surface area contributed by atoms with Crippen LogP contribution in [-0.4, -0.2) is 33.4 Å². The van der Waals surface area contributed by atoms with Gasteiger partial charge in [0, 0.05) is 22.2 Å². The second-order valence-corrected chi connectivity index (χ2v) is 8.93. The molecular formula is C19H26F3NO2S. The summed E-state index contributed by atoms with van der Waals surface area (Å²) in [6.45, 7) is 5.70. The van der Waals surface area contributed by atoms with E-state index < -0.39 is 23.4 Å². The van der Waals surface area contributed by atoms with Gasteiger partial charge in [-0.05, 0) is 70.6 Å². The zero-order valence-corrected chi connectivity index (χ0v) is 16.2. The lowest BCUT2D eigenvalue weighted by Crippen LogP contribution is -2.52. The van der Waals surface area contributed by atoms with E-state index in [0.29, 0.717) is 10.8 Å². The molecule has 1 aromatic carbocycles. The van der Waals surface area contributed by atoms with Crippen molar-refractivity contribution in [3.05, 3.63) is 29.8 Å². The maximum atomic E-state index is 12.8. The molecule has 0 spiro atoms. The summed E-state index contributed by atoms with van der Waals surface area (Å²) in [5.41, 5.74) is -1.05. The van der Waals surface area contributed by atoms with E-state index >= 15 is 0 Å². The molecular weight excluding hydrogens is 363 g/mol. The minimum Gasteiger partial charge on any atom is -0.465 e. The van der Waals surface area contributed by atoms with Crippen molar-refractivity contribution in [3.8, 4) is 0 Å². The number of benzene rings is 1. The Bertz CT molecular complexity index is 620. The monoisotopic (exact) mass is 389 g/mol. The third kappa shape index (κ3) is 5.56. The van der Waals surface area contributed by atoms with Gasteiger partial charge in [0.05, 0.1) is 5.56 Å². The number of alkyl halides is 3. The van der Waals surface area contributed by atoms with E-state index in [9.17, 15) is 23.1 Å². The molecule has 1 fully saturated rings. The quantitative estimate of drug-likeness (QED) is 0.629. The second-order valence-electron chi connectivity index (χ2n) is 7.83. The van der Waals surface area contributed by atoms with Gasteiger partial charge in [0.2, 0.25) is 0 Å². The maximum Gasteiger partial charge on any atom is 0.416 e. The molecule has 1 aliphatic carbocycles. The summed E-state index contributed by atoms with van der Waals surface area (Å²) in [5, 5.41) is 9.50. The minimum atomic E-state index is -4.32. The number of carboxylic acid groups (broad SMARTS) is 1. The number of hydrogen-bond acceptors (Lipinski definition) is 2. The van der Waals surface area contributed by atoms with E-state index in [4.69, 9.17) is 0 Å². The molecule has 0 unspecified atom stereocenters. The number of carbonyl (C=O) groups is 1. The molecule has 0 saturated heterocycles. The van der Waals surface area contributed by atoms with Crippen LogP contribution in [0.2, 0.25) is 0 Å². The first-order valence-corrected chi connectivity index (χ1v) is 9.79. The lowest BCUT2D eigenvalue weighted by atomic mass is 9.85. The first-order valence-electron chi connectivity index (χ1n) is 8.81. The first-order chi connectivity index (χ1) is 12.0. The standard InChI is InChI=1S/C19H26F3NO2S/c1-18(2,3)23(17(24)25)15-9-7-13(8-10-15)12-26-16-6-4-5-14(11-16)19(20,21)22/h4-6,11,13,15H,7-10,12H2,1-3H3,(H,24,25). The van der Waals surface area contributed by atoms with Gasteiger partial charge in [0.1, 0.15) is 0 Å². The second kappa shape index (κ2) is 8.11. The number of thioether (sulfide) groups is 1. The molecule has 0 radical (unpaired) electrons. The van der Waals surface area contributed by atoms with Crippen molar-refractivity contribution in [2.75, 3.05) is 5.75 Å². The van der Waals surface area contributed by atoms with Crippen molar-refractivity contribution in [3.63, 3.8) is 0 Å². The van der Waals surface area contributed by atoms with Crippen molar-refractivity contribution in [1.82, 2.24) is 4.90 Å². The topological polar surface area (TPSA) is 40.5 Å². The Hall–Kier alpha value is -1.37. The normalized spacial score (nSPS) is 21.5. The molecule has 0 aromatic heterocycles. The number of rotatable bonds is 4. The zero-order chi connectivity index (χ0) is 19.5. The van der Waals surface area contributed by atoms with Crippen molar-refractivity contribution in [1.29, 1.82) is 0 Å². The third-order valence-corrected chi connectivity index (χ3v) is 5.98. The molecule has 26 heavy (non-hydrogen) atoms. The maximum absolute atomic E-state index is 12.8. The van der Waals surface area contributed by atoms with E-state index in [2.05, 4.69) is 0 Å². The minimum absolute atomic E-state index is 0.0160. The van der Waals surface area contributed by atoms with Gasteiger partial charge in [0.25, 0.3) is 0 Å². The summed E-state index contributed by atoms with van der Waals surface area (Å²) >= 11 is 1.45. The SMILES string of the molecule is CC(C)(C)N(C(=O)O)C1CCC(CSc2cccc(C(F)(F)F)c2)CC1. The largest absolute Gasteiger partial charge is 0.465 e. The fourth-order valence-corrected chi connectivity index (χ4v) is 4.68. The summed E-state index contributed by atoms with van der Waals surface area (Å²) in [6, 6.07) is 5.44. The number of hydrogen-bond donors (Lipinski definition) is 1. The van der Waals surface area contributed by atoms with Crippen LogP contribution in [0.15, 0.2) is 29.2 Å². The van der Waals surface area contributed by atoms with Crippen LogP contribution >= 0.6 is 11.8 Å². The molecule has 0 bridgehead atoms. The van der Waals surface area contributed by atoms with Crippen molar-refractivity contribution < 1.29 is 23.1 Å². The summed E-state index contributed by atoms with van der Waals surface area (Å²) in [7, 11) is 0. The van der Waals surface area contributed by atoms with Gasteiger partial charge >= 0.3 is 12.3 Å². The van der Waals surface area contributed by atoms with E-state index in [1.165, 1.54) is 23.9 Å². The number of nitrogens with zero attached hydrogens (tertiary/aromatic N) is 1. The zero-order valence-electron chi connectivity index (χ0n) is 15.3. The van der Waals surface area contributed by atoms with Gasteiger partial charge in [-0.3, -0.25) is 0 Å². The lowest BCUT2D eigenvalue weighted by Gasteiger charge is -2.42. The molecule has 146 valence electrons. The molecule has 0 atom stereocenters. The van der Waals surface area contributed by atoms with E-state index in [1.54, 1.807) is 11.0 Å². The van der Waals surface area contributed by atoms with Crippen LogP contribution in [0.1, 0.15) is 52.0 Å². The molecule has 1 saturated carbocycles. The van der Waals surface area contributed by atoms with Crippen LogP contribution in [0.5, 0.6) is 0 Å². The number of halogens is 3. The van der Waals surface area contributed by atoms with Crippen LogP contribution in [0, 0.1) is 5.92 Å². The van der Waals surface area contributed by atoms with Crippen molar-refractivity contribution >= 4 is 17.9 Å². The van der Waals surface area contributed by atoms with Gasteiger partial charge in [-0.2, -0.15) is 13.2 Å². The molecule has 1 aromatic rings. The molecule has 1 N–H and O–H groups in total. The van der Waals surface area contributed by atoms with E-state index in [-0.39, 0.29) is 6.04 Å². The molecule has 3 nitrogen and oxygen atoms in total. The summed E-state index contributed by atoms with van der Waals surface area (Å²) in [6.07, 6.45) is -1.80. The highest BCUT2D eigenvalue weighted by Crippen LogP contribution is 2.36. The Balaban J connectivity index is 1.89. The van der Waals surface area contributed by atoms with Crippen LogP contribution in [0.3, 0.4) is 0 Å². The predicted octanol–water partition coefficient (Wildman–Crippen LogP) is 6.13. The Morgan fingerprint density at radius 1 is 1.19 bits per heavy atom. The van der Waals surface area contributed by atoms with Gasteiger partial charge in [-0.1, -0.05) is 6.07 Å². The summed E-state index contributed by atoms with van der Waals surface area (Å²) < 4.78 is 38.3. The van der Waals surface area contributed by atoms with Gasteiger partial charge in [0.15, 0.2) is 0 Å². The highest BCUT2D eigenvalue weighted by Gasteiger charge is 2.35. The Labute approximate surface area is 157 Å². The van der Waals surface area contributed by atoms with Gasteiger partial charge in [-0.15, -0.1) is 11.8 Å². The van der Waals surface area contributed by atoms with Crippen molar-refractivity contribution in [2.24, 2.45) is 5.92 Å². The molecule has 1 aliphatic rings. The van der Waals surface area contributed by atoms with Gasteiger partial charge < -0.3 is 10.0 Å². The Morgan fingerprint density at radius 3 is 2.31 bits per heavy atom. The Kier molecular flexibility index (Phi) is 6.53. The van der Waals surface area contributed by atoms with E-state index in [1.807, 2.05) is 20.8 Å². The average Bonchev–Trinajstić information content (AvgIpc) is 2.52. The van der Waals surface area contributed by atoms with Crippen LogP contribution in [0.25, 0.3) is 0 Å². The molecule has 0 heterocycles. The fraction of sp³-hybridized carbons (Fsp3) is 0.632.